The van der Waals surface area contributed by atoms with Gasteiger partial charge in [0.1, 0.15) is 5.75 Å². The highest BCUT2D eigenvalue weighted by atomic mass is 19.4. The third kappa shape index (κ3) is 3.70. The van der Waals surface area contributed by atoms with Gasteiger partial charge >= 0.3 is 12.3 Å². The van der Waals surface area contributed by atoms with Crippen LogP contribution in [0.1, 0.15) is 16.1 Å². The first-order chi connectivity index (χ1) is 9.33. The van der Waals surface area contributed by atoms with E-state index >= 15 is 0 Å². The normalized spacial score (nSPS) is 11.3. The van der Waals surface area contributed by atoms with Crippen LogP contribution in [0.2, 0.25) is 0 Å². The molecule has 0 saturated heterocycles. The van der Waals surface area contributed by atoms with E-state index in [1.165, 1.54) is 23.0 Å². The lowest BCUT2D eigenvalue weighted by Crippen LogP contribution is -2.17. The van der Waals surface area contributed by atoms with E-state index in [9.17, 15) is 18.0 Å². The van der Waals surface area contributed by atoms with Crippen LogP contribution >= 0.6 is 0 Å². The smallest absolute Gasteiger partial charge is 0.476 e. The molecule has 0 bridgehead atoms. The predicted molar refractivity (Wildman–Crippen MR) is 59.2 cm³/mol. The fourth-order valence-electron chi connectivity index (χ4n) is 1.46. The van der Waals surface area contributed by atoms with Gasteiger partial charge in [-0.2, -0.15) is 0 Å². The SMILES string of the molecule is O=C(O)c1cn(Cc2ccc(OC(F)(F)F)cc2)nn1. The average molecular weight is 287 g/mol. The van der Waals surface area contributed by atoms with Gasteiger partial charge in [-0.05, 0) is 17.7 Å². The Morgan fingerprint density at radius 3 is 2.45 bits per heavy atom. The Labute approximate surface area is 110 Å². The Morgan fingerprint density at radius 2 is 1.95 bits per heavy atom. The Morgan fingerprint density at radius 1 is 1.30 bits per heavy atom. The number of aromatic nitrogens is 3. The summed E-state index contributed by atoms with van der Waals surface area (Å²) in [6.45, 7) is 0.187. The summed E-state index contributed by atoms with van der Waals surface area (Å²) < 4.78 is 40.9. The second kappa shape index (κ2) is 5.19. The average Bonchev–Trinajstić information content (AvgIpc) is 2.78. The van der Waals surface area contributed by atoms with Crippen molar-refractivity contribution in [2.45, 2.75) is 12.9 Å². The number of nitrogens with zero attached hydrogens (tertiary/aromatic N) is 3. The maximum absolute atomic E-state index is 12.0. The van der Waals surface area contributed by atoms with Gasteiger partial charge in [0, 0.05) is 0 Å². The molecule has 6 nitrogen and oxygen atoms in total. The molecule has 2 rings (SSSR count). The summed E-state index contributed by atoms with van der Waals surface area (Å²) in [5, 5.41) is 15.7. The van der Waals surface area contributed by atoms with Crippen molar-refractivity contribution in [2.24, 2.45) is 0 Å². The third-order valence-electron chi connectivity index (χ3n) is 2.26. The molecule has 0 spiro atoms. The Balaban J connectivity index is 2.04. The second-order valence-electron chi connectivity index (χ2n) is 3.80. The number of aromatic carboxylic acids is 1. The summed E-state index contributed by atoms with van der Waals surface area (Å²) in [6.07, 6.45) is -3.51. The Hall–Kier alpha value is -2.58. The van der Waals surface area contributed by atoms with E-state index in [0.717, 1.165) is 12.1 Å². The number of benzene rings is 1. The molecule has 0 saturated carbocycles. The number of carboxylic acid groups (broad SMARTS) is 1. The van der Waals surface area contributed by atoms with Gasteiger partial charge in [-0.3, -0.25) is 0 Å². The van der Waals surface area contributed by atoms with E-state index in [0.29, 0.717) is 5.56 Å². The lowest BCUT2D eigenvalue weighted by atomic mass is 10.2. The maximum atomic E-state index is 12.0. The van der Waals surface area contributed by atoms with E-state index < -0.39 is 12.3 Å². The van der Waals surface area contributed by atoms with Gasteiger partial charge in [0.2, 0.25) is 0 Å². The number of alkyl halides is 3. The van der Waals surface area contributed by atoms with E-state index in [-0.39, 0.29) is 18.0 Å². The fraction of sp³-hybridized carbons (Fsp3) is 0.182. The molecule has 1 aromatic carbocycles. The van der Waals surface area contributed by atoms with E-state index in [1.54, 1.807) is 0 Å². The van der Waals surface area contributed by atoms with Crippen LogP contribution in [0, 0.1) is 0 Å². The molecule has 9 heteroatoms. The second-order valence-corrected chi connectivity index (χ2v) is 3.80. The molecule has 0 aliphatic carbocycles. The van der Waals surface area contributed by atoms with Crippen LogP contribution in [0.15, 0.2) is 30.5 Å². The van der Waals surface area contributed by atoms with Crippen LogP contribution < -0.4 is 4.74 Å². The van der Waals surface area contributed by atoms with Crippen LogP contribution in [0.5, 0.6) is 5.75 Å². The molecule has 1 N–H and O–H groups in total. The van der Waals surface area contributed by atoms with Crippen molar-refractivity contribution in [3.8, 4) is 5.75 Å². The summed E-state index contributed by atoms with van der Waals surface area (Å²) in [6, 6.07) is 5.17. The van der Waals surface area contributed by atoms with E-state index in [2.05, 4.69) is 15.0 Å². The lowest BCUT2D eigenvalue weighted by molar-refractivity contribution is -0.274. The summed E-state index contributed by atoms with van der Waals surface area (Å²) in [5.41, 5.74) is 0.420. The molecule has 0 amide bonds. The quantitative estimate of drug-likeness (QED) is 0.929. The molecular formula is C11H8F3N3O3. The van der Waals surface area contributed by atoms with Crippen molar-refractivity contribution in [3.05, 3.63) is 41.7 Å². The zero-order valence-electron chi connectivity index (χ0n) is 9.83. The highest BCUT2D eigenvalue weighted by molar-refractivity contribution is 5.84. The summed E-state index contributed by atoms with van der Waals surface area (Å²) in [4.78, 5) is 10.6. The van der Waals surface area contributed by atoms with Crippen LogP contribution in [-0.2, 0) is 6.54 Å². The van der Waals surface area contributed by atoms with Crippen LogP contribution in [0.4, 0.5) is 13.2 Å². The molecular weight excluding hydrogens is 279 g/mol. The third-order valence-corrected chi connectivity index (χ3v) is 2.26. The van der Waals surface area contributed by atoms with Crippen molar-refractivity contribution in [3.63, 3.8) is 0 Å². The molecule has 0 unspecified atom stereocenters. The summed E-state index contributed by atoms with van der Waals surface area (Å²) in [7, 11) is 0. The zero-order valence-corrected chi connectivity index (χ0v) is 9.83. The molecule has 106 valence electrons. The number of halogens is 3. The number of hydrogen-bond donors (Lipinski definition) is 1. The predicted octanol–water partition coefficient (Wildman–Crippen LogP) is 1.92. The Kier molecular flexibility index (Phi) is 3.59. The standard InChI is InChI=1S/C11H8F3N3O3/c12-11(13,14)20-8-3-1-7(2-4-8)5-17-6-9(10(18)19)15-16-17/h1-4,6H,5H2,(H,18,19). The minimum Gasteiger partial charge on any atom is -0.476 e. The number of rotatable bonds is 4. The van der Waals surface area contributed by atoms with Crippen molar-refractivity contribution in [1.29, 1.82) is 0 Å². The van der Waals surface area contributed by atoms with Gasteiger partial charge in [-0.15, -0.1) is 18.3 Å². The van der Waals surface area contributed by atoms with Gasteiger partial charge in [-0.1, -0.05) is 17.3 Å². The first-order valence-corrected chi connectivity index (χ1v) is 5.31. The van der Waals surface area contributed by atoms with E-state index in [4.69, 9.17) is 5.11 Å². The van der Waals surface area contributed by atoms with Gasteiger partial charge in [0.15, 0.2) is 5.69 Å². The molecule has 2 aromatic rings. The topological polar surface area (TPSA) is 77.2 Å². The van der Waals surface area contributed by atoms with Gasteiger partial charge < -0.3 is 9.84 Å². The van der Waals surface area contributed by atoms with Gasteiger partial charge in [0.05, 0.1) is 12.7 Å². The lowest BCUT2D eigenvalue weighted by Gasteiger charge is -2.09. The minimum atomic E-state index is -4.73. The van der Waals surface area contributed by atoms with E-state index in [1.807, 2.05) is 0 Å². The van der Waals surface area contributed by atoms with Crippen molar-refractivity contribution >= 4 is 5.97 Å². The maximum Gasteiger partial charge on any atom is 0.573 e. The zero-order chi connectivity index (χ0) is 14.8. The van der Waals surface area contributed by atoms with Crippen LogP contribution in [-0.4, -0.2) is 32.4 Å². The molecule has 0 fully saturated rings. The van der Waals surface area contributed by atoms with Crippen LogP contribution in [0.25, 0.3) is 0 Å². The first kappa shape index (κ1) is 13.8. The van der Waals surface area contributed by atoms with Crippen molar-refractivity contribution in [1.82, 2.24) is 15.0 Å². The molecule has 1 aromatic heterocycles. The number of carbonyl (C=O) groups is 1. The van der Waals surface area contributed by atoms with Gasteiger partial charge in [-0.25, -0.2) is 9.48 Å². The highest BCUT2D eigenvalue weighted by Gasteiger charge is 2.30. The Bertz CT molecular complexity index is 607. The number of carboxylic acids is 1. The van der Waals surface area contributed by atoms with Gasteiger partial charge in [0.25, 0.3) is 0 Å². The minimum absolute atomic E-state index is 0.187. The fourth-order valence-corrected chi connectivity index (χ4v) is 1.46. The first-order valence-electron chi connectivity index (χ1n) is 5.31. The molecule has 0 aliphatic rings. The van der Waals surface area contributed by atoms with Crippen molar-refractivity contribution in [2.75, 3.05) is 0 Å². The van der Waals surface area contributed by atoms with Crippen molar-refractivity contribution < 1.29 is 27.8 Å². The molecule has 0 aliphatic heterocycles. The summed E-state index contributed by atoms with van der Waals surface area (Å²) in [5.74, 6) is -1.53. The molecule has 0 radical (unpaired) electrons. The molecule has 0 atom stereocenters. The number of ether oxygens (including phenoxy) is 1. The number of hydrogen-bond acceptors (Lipinski definition) is 4. The molecule has 20 heavy (non-hydrogen) atoms. The monoisotopic (exact) mass is 287 g/mol. The highest BCUT2D eigenvalue weighted by Crippen LogP contribution is 2.22. The molecule has 1 heterocycles. The summed E-state index contributed by atoms with van der Waals surface area (Å²) >= 11 is 0. The van der Waals surface area contributed by atoms with Crippen LogP contribution in [0.3, 0.4) is 0 Å². The largest absolute Gasteiger partial charge is 0.573 e.